The maximum Gasteiger partial charge on any atom is 0.330 e. The molecule has 2 aliphatic heterocycles. The van der Waals surface area contributed by atoms with Crippen molar-refractivity contribution in [3.05, 3.63) is 46.0 Å². The minimum atomic E-state index is -0.0636. The lowest BCUT2D eigenvalue weighted by atomic mass is 10.1. The minimum Gasteiger partial charge on any atom is -0.381 e. The molecule has 0 bridgehead atoms. The van der Waals surface area contributed by atoms with Crippen LogP contribution in [0.5, 0.6) is 0 Å². The first-order valence-electron chi connectivity index (χ1n) is 9.97. The van der Waals surface area contributed by atoms with Crippen LogP contribution in [0.4, 0.5) is 11.6 Å². The molecular weight excluding hydrogens is 370 g/mol. The van der Waals surface area contributed by atoms with Gasteiger partial charge in [-0.1, -0.05) is 0 Å². The number of hydrogen-bond donors (Lipinski definition) is 0. The lowest BCUT2D eigenvalue weighted by Crippen LogP contribution is -2.30. The van der Waals surface area contributed by atoms with Crippen LogP contribution in [0.2, 0.25) is 0 Å². The number of carbonyl (C=O) groups is 1. The van der Waals surface area contributed by atoms with Crippen LogP contribution >= 0.6 is 0 Å². The van der Waals surface area contributed by atoms with Crippen LogP contribution in [0.25, 0.3) is 11.2 Å². The minimum absolute atomic E-state index is 0.0636. The van der Waals surface area contributed by atoms with E-state index in [2.05, 4.69) is 9.88 Å². The zero-order chi connectivity index (χ0) is 20.1. The number of Topliss-reactive ketones (excluding diaryl/α,β-unsaturated/α-hetero) is 1. The Bertz CT molecular complexity index is 1170. The summed E-state index contributed by atoms with van der Waals surface area (Å²) in [7, 11) is 1.76. The average Bonchev–Trinajstić information content (AvgIpc) is 3.27. The van der Waals surface area contributed by atoms with Crippen molar-refractivity contribution >= 4 is 28.6 Å². The van der Waals surface area contributed by atoms with Crippen LogP contribution in [0.3, 0.4) is 0 Å². The summed E-state index contributed by atoms with van der Waals surface area (Å²) in [6.07, 6.45) is 4.17. The van der Waals surface area contributed by atoms with Crippen LogP contribution in [-0.4, -0.2) is 44.6 Å². The highest BCUT2D eigenvalue weighted by molar-refractivity contribution is 5.95. The Morgan fingerprint density at radius 1 is 1.24 bits per heavy atom. The molecule has 8 nitrogen and oxygen atoms in total. The fourth-order valence-electron chi connectivity index (χ4n) is 4.36. The van der Waals surface area contributed by atoms with Gasteiger partial charge in [-0.05, 0) is 49.9 Å². The first-order valence-corrected chi connectivity index (χ1v) is 9.97. The largest absolute Gasteiger partial charge is 0.381 e. The summed E-state index contributed by atoms with van der Waals surface area (Å²) in [6.45, 7) is 3.64. The van der Waals surface area contributed by atoms with Gasteiger partial charge in [0.25, 0.3) is 0 Å². The molecule has 1 saturated heterocycles. The predicted molar refractivity (Wildman–Crippen MR) is 109 cm³/mol. The highest BCUT2D eigenvalue weighted by Crippen LogP contribution is 2.34. The fraction of sp³-hybridized carbons (Fsp3) is 0.429. The third-order valence-electron chi connectivity index (χ3n) is 6.00. The van der Waals surface area contributed by atoms with Gasteiger partial charge in [0.05, 0.1) is 6.20 Å². The number of carbonyl (C=O) groups excluding carboxylic acids is 1. The van der Waals surface area contributed by atoms with E-state index in [4.69, 9.17) is 9.72 Å². The second-order valence-corrected chi connectivity index (χ2v) is 7.74. The van der Waals surface area contributed by atoms with Crippen molar-refractivity contribution in [3.8, 4) is 0 Å². The first-order chi connectivity index (χ1) is 14.0. The maximum atomic E-state index is 12.9. The van der Waals surface area contributed by atoms with E-state index in [1.807, 2.05) is 18.2 Å². The third-order valence-corrected chi connectivity index (χ3v) is 6.00. The molecule has 2 aliphatic rings. The van der Waals surface area contributed by atoms with Crippen LogP contribution < -0.4 is 10.6 Å². The molecule has 4 heterocycles. The van der Waals surface area contributed by atoms with Crippen molar-refractivity contribution in [2.75, 3.05) is 24.7 Å². The van der Waals surface area contributed by atoms with Gasteiger partial charge >= 0.3 is 5.69 Å². The third kappa shape index (κ3) is 2.86. The summed E-state index contributed by atoms with van der Waals surface area (Å²) in [4.78, 5) is 36.0. The van der Waals surface area contributed by atoms with Crippen LogP contribution in [0.15, 0.2) is 29.2 Å². The summed E-state index contributed by atoms with van der Waals surface area (Å²) in [5.74, 6) is 0.645. The molecule has 8 heteroatoms. The Morgan fingerprint density at radius 2 is 2.03 bits per heavy atom. The van der Waals surface area contributed by atoms with Gasteiger partial charge in [0.15, 0.2) is 11.4 Å². The second-order valence-electron chi connectivity index (χ2n) is 7.74. The topological polar surface area (TPSA) is 82.2 Å². The Hall–Kier alpha value is -3.00. The summed E-state index contributed by atoms with van der Waals surface area (Å²) in [5, 5.41) is 0. The number of hydrogen-bond acceptors (Lipinski definition) is 6. The van der Waals surface area contributed by atoms with Crippen molar-refractivity contribution in [3.63, 3.8) is 0 Å². The number of imidazole rings is 1. The molecule has 1 fully saturated rings. The molecule has 3 aromatic rings. The Kier molecular flexibility index (Phi) is 4.24. The van der Waals surface area contributed by atoms with E-state index in [9.17, 15) is 9.59 Å². The highest BCUT2D eigenvalue weighted by atomic mass is 16.5. The number of aryl methyl sites for hydroxylation is 1. The normalized spacial score (nSPS) is 17.1. The number of ketones is 1. The molecule has 0 amide bonds. The summed E-state index contributed by atoms with van der Waals surface area (Å²) in [5.41, 5.74) is 4.20. The molecule has 0 aliphatic carbocycles. The van der Waals surface area contributed by atoms with E-state index in [1.54, 1.807) is 29.3 Å². The van der Waals surface area contributed by atoms with Crippen molar-refractivity contribution < 1.29 is 9.53 Å². The van der Waals surface area contributed by atoms with Gasteiger partial charge in [0, 0.05) is 44.1 Å². The SMILES string of the molecule is CC(=O)c1ccc2c(c1)CCN2c1ncc2c(n1)n(C1CCOCC1)c(=O)n2C. The second kappa shape index (κ2) is 6.81. The summed E-state index contributed by atoms with van der Waals surface area (Å²) >= 11 is 0. The number of nitrogens with zero attached hydrogens (tertiary/aromatic N) is 5. The molecule has 0 spiro atoms. The fourth-order valence-corrected chi connectivity index (χ4v) is 4.36. The molecule has 0 unspecified atom stereocenters. The summed E-state index contributed by atoms with van der Waals surface area (Å²) in [6, 6.07) is 5.85. The maximum absolute atomic E-state index is 12.9. The number of aromatic nitrogens is 4. The number of fused-ring (bicyclic) bond motifs is 2. The highest BCUT2D eigenvalue weighted by Gasteiger charge is 2.27. The number of benzene rings is 1. The molecule has 0 saturated carbocycles. The van der Waals surface area contributed by atoms with E-state index in [-0.39, 0.29) is 17.5 Å². The van der Waals surface area contributed by atoms with E-state index in [1.165, 1.54) is 0 Å². The lowest BCUT2D eigenvalue weighted by molar-refractivity contribution is 0.0695. The van der Waals surface area contributed by atoms with Gasteiger partial charge in [-0.25, -0.2) is 9.78 Å². The quantitative estimate of drug-likeness (QED) is 0.636. The van der Waals surface area contributed by atoms with E-state index < -0.39 is 0 Å². The Labute approximate surface area is 167 Å². The molecule has 29 heavy (non-hydrogen) atoms. The van der Waals surface area contributed by atoms with Crippen molar-refractivity contribution in [2.24, 2.45) is 7.05 Å². The van der Waals surface area contributed by atoms with E-state index in [0.717, 1.165) is 48.1 Å². The van der Waals surface area contributed by atoms with Crippen LogP contribution in [0.1, 0.15) is 41.7 Å². The van der Waals surface area contributed by atoms with Gasteiger partial charge < -0.3 is 9.64 Å². The van der Waals surface area contributed by atoms with Crippen molar-refractivity contribution in [1.82, 2.24) is 19.1 Å². The van der Waals surface area contributed by atoms with Gasteiger partial charge in [0.2, 0.25) is 5.95 Å². The molecule has 150 valence electrons. The Balaban J connectivity index is 1.59. The van der Waals surface area contributed by atoms with E-state index in [0.29, 0.717) is 24.8 Å². The van der Waals surface area contributed by atoms with Crippen molar-refractivity contribution in [1.29, 1.82) is 0 Å². The zero-order valence-corrected chi connectivity index (χ0v) is 16.6. The molecule has 2 aromatic heterocycles. The zero-order valence-electron chi connectivity index (χ0n) is 16.6. The molecule has 0 atom stereocenters. The Morgan fingerprint density at radius 3 is 2.79 bits per heavy atom. The van der Waals surface area contributed by atoms with Gasteiger partial charge in [-0.2, -0.15) is 4.98 Å². The molecule has 0 N–H and O–H groups in total. The molecule has 5 rings (SSSR count). The predicted octanol–water partition coefficient (Wildman–Crippen LogP) is 2.38. The van der Waals surface area contributed by atoms with E-state index >= 15 is 0 Å². The number of rotatable bonds is 3. The number of ether oxygens (including phenoxy) is 1. The first kappa shape index (κ1) is 18.1. The molecular formula is C21H23N5O3. The van der Waals surface area contributed by atoms with Crippen LogP contribution in [0, 0.1) is 0 Å². The molecule has 0 radical (unpaired) electrons. The number of anilines is 2. The average molecular weight is 393 g/mol. The van der Waals surface area contributed by atoms with Gasteiger partial charge in [-0.3, -0.25) is 13.9 Å². The summed E-state index contributed by atoms with van der Waals surface area (Å²) < 4.78 is 8.88. The monoisotopic (exact) mass is 393 g/mol. The van der Waals surface area contributed by atoms with Crippen LogP contribution in [-0.2, 0) is 18.2 Å². The smallest absolute Gasteiger partial charge is 0.330 e. The van der Waals surface area contributed by atoms with Gasteiger partial charge in [0.1, 0.15) is 5.52 Å². The lowest BCUT2D eigenvalue weighted by Gasteiger charge is -2.23. The van der Waals surface area contributed by atoms with Gasteiger partial charge in [-0.15, -0.1) is 0 Å². The standard InChI is InChI=1S/C21H23N5O3/c1-13(27)14-3-4-17-15(11-14)5-8-25(17)20-22-12-18-19(23-20)26(21(28)24(18)2)16-6-9-29-10-7-16/h3-4,11-12,16H,5-10H2,1-2H3. The van der Waals surface area contributed by atoms with Crippen molar-refractivity contribution in [2.45, 2.75) is 32.2 Å². The molecule has 1 aromatic carbocycles.